The zero-order valence-corrected chi connectivity index (χ0v) is 21.2. The maximum Gasteiger partial charge on any atom is 0.293 e. The van der Waals surface area contributed by atoms with Gasteiger partial charge in [0.15, 0.2) is 5.21 Å². The van der Waals surface area contributed by atoms with Crippen molar-refractivity contribution in [1.29, 1.82) is 0 Å². The summed E-state index contributed by atoms with van der Waals surface area (Å²) in [7, 11) is 0. The van der Waals surface area contributed by atoms with E-state index in [1.54, 1.807) is 29.5 Å². The zero-order valence-electron chi connectivity index (χ0n) is 20.5. The molecule has 10 nitrogen and oxygen atoms in total. The summed E-state index contributed by atoms with van der Waals surface area (Å²) >= 11 is 6.32. The van der Waals surface area contributed by atoms with Gasteiger partial charge in [-0.25, -0.2) is 0 Å². The molecule has 0 radical (unpaired) electrons. The molecule has 194 valence electrons. The maximum absolute atomic E-state index is 13.6. The van der Waals surface area contributed by atoms with E-state index in [9.17, 15) is 4.79 Å². The summed E-state index contributed by atoms with van der Waals surface area (Å²) in [4.78, 5) is 18.3. The fourth-order valence-electron chi connectivity index (χ4n) is 4.44. The highest BCUT2D eigenvalue weighted by atomic mass is 35.5. The third-order valence-corrected chi connectivity index (χ3v) is 6.59. The fourth-order valence-corrected chi connectivity index (χ4v) is 4.61. The first kappa shape index (κ1) is 25.7. The molecule has 0 saturated carbocycles. The molecule has 0 aliphatic heterocycles. The van der Waals surface area contributed by atoms with Crippen LogP contribution in [0.25, 0.3) is 27.7 Å². The van der Waals surface area contributed by atoms with E-state index in [0.29, 0.717) is 22.8 Å². The molecule has 0 aliphatic carbocycles. The van der Waals surface area contributed by atoms with Crippen molar-refractivity contribution in [1.82, 2.24) is 30.7 Å². The van der Waals surface area contributed by atoms with Gasteiger partial charge in [0.2, 0.25) is 5.91 Å². The Labute approximate surface area is 228 Å². The van der Waals surface area contributed by atoms with Crippen LogP contribution in [0.1, 0.15) is 17.2 Å². The van der Waals surface area contributed by atoms with Crippen LogP contribution >= 0.6 is 11.6 Å². The van der Waals surface area contributed by atoms with Crippen LogP contribution in [-0.2, 0) is 11.2 Å². The van der Waals surface area contributed by atoms with Crippen molar-refractivity contribution in [3.05, 3.63) is 114 Å². The number of hydrogen-bond acceptors (Lipinski definition) is 6. The number of amides is 1. The summed E-state index contributed by atoms with van der Waals surface area (Å²) in [6, 6.07) is 25.0. The highest BCUT2D eigenvalue weighted by molar-refractivity contribution is 6.31. The summed E-state index contributed by atoms with van der Waals surface area (Å²) in [6.45, 7) is 0. The van der Waals surface area contributed by atoms with Crippen LogP contribution in [0.15, 0.2) is 97.6 Å². The highest BCUT2D eigenvalue weighted by Gasteiger charge is 2.24. The number of aromatic nitrogens is 7. The van der Waals surface area contributed by atoms with E-state index < -0.39 is 5.92 Å². The van der Waals surface area contributed by atoms with Crippen molar-refractivity contribution in [3.8, 4) is 16.8 Å². The van der Waals surface area contributed by atoms with E-state index in [2.05, 4.69) is 31.0 Å². The topological polar surface area (TPSA) is 146 Å². The SMILES string of the molecule is O=C(Nc1ccc2cn[nH]c2c1)C(Cc1ccccc1)c1ccc(-c2cc(Cl)ccc2-[n+]2cnn[nH]2)cn1.[OH-]. The molecule has 11 heteroatoms. The van der Waals surface area contributed by atoms with Crippen molar-refractivity contribution in [2.75, 3.05) is 5.32 Å². The molecule has 0 saturated heterocycles. The molecular formula is C28H23ClN8O2. The van der Waals surface area contributed by atoms with Gasteiger partial charge in [0.05, 0.1) is 23.3 Å². The van der Waals surface area contributed by atoms with Gasteiger partial charge in [0, 0.05) is 33.4 Å². The van der Waals surface area contributed by atoms with Gasteiger partial charge in [-0.1, -0.05) is 53.2 Å². The van der Waals surface area contributed by atoms with E-state index >= 15 is 0 Å². The first-order valence-electron chi connectivity index (χ1n) is 12.0. The summed E-state index contributed by atoms with van der Waals surface area (Å²) in [5.41, 5.74) is 5.77. The van der Waals surface area contributed by atoms with E-state index in [4.69, 9.17) is 16.6 Å². The van der Waals surface area contributed by atoms with Crippen LogP contribution in [-0.4, -0.2) is 42.1 Å². The summed E-state index contributed by atoms with van der Waals surface area (Å²) in [5, 5.41) is 22.1. The number of aromatic amines is 2. The number of benzene rings is 3. The normalized spacial score (nSPS) is 11.6. The lowest BCUT2D eigenvalue weighted by Gasteiger charge is -2.17. The van der Waals surface area contributed by atoms with Crippen LogP contribution in [0.5, 0.6) is 0 Å². The minimum absolute atomic E-state index is 0. The molecule has 1 amide bonds. The fraction of sp³-hybridized carbons (Fsp3) is 0.0714. The number of rotatable bonds is 7. The second-order valence-corrected chi connectivity index (χ2v) is 9.27. The number of nitrogens with one attached hydrogen (secondary N) is 3. The Morgan fingerprint density at radius 2 is 1.87 bits per heavy atom. The van der Waals surface area contributed by atoms with E-state index in [0.717, 1.165) is 33.3 Å². The Balaban J connectivity index is 0.00000308. The molecule has 6 rings (SSSR count). The first-order chi connectivity index (χ1) is 18.6. The number of nitrogens with zero attached hydrogens (tertiary/aromatic N) is 5. The van der Waals surface area contributed by atoms with Gasteiger partial charge in [-0.2, -0.15) is 5.10 Å². The molecule has 0 spiro atoms. The number of carbonyl (C=O) groups is 1. The monoisotopic (exact) mass is 538 g/mol. The molecule has 3 aromatic heterocycles. The highest BCUT2D eigenvalue weighted by Crippen LogP contribution is 2.29. The standard InChI is InChI=1S/C28H21ClN8O.H2O/c29-21-8-11-27(37-17-32-35-36-37)23(13-21)19-7-10-25(30-15-19)24(12-18-4-2-1-3-5-18)28(38)33-22-9-6-20-16-31-34-26(20)14-22;/h1-11,13-17,24H,12H2,(H2,31,33,34,35,36,38);1H2. The van der Waals surface area contributed by atoms with E-state index in [-0.39, 0.29) is 11.4 Å². The summed E-state index contributed by atoms with van der Waals surface area (Å²) < 4.78 is 1.70. The molecule has 1 unspecified atom stereocenters. The number of anilines is 1. The average molecular weight is 539 g/mol. The molecule has 1 atom stereocenters. The van der Waals surface area contributed by atoms with Crippen molar-refractivity contribution in [3.63, 3.8) is 0 Å². The van der Waals surface area contributed by atoms with E-state index in [1.807, 2.05) is 72.8 Å². The molecule has 0 bridgehead atoms. The molecule has 4 N–H and O–H groups in total. The second kappa shape index (κ2) is 11.2. The third kappa shape index (κ3) is 5.52. The lowest BCUT2D eigenvalue weighted by molar-refractivity contribution is -0.659. The summed E-state index contributed by atoms with van der Waals surface area (Å²) in [5.74, 6) is -0.649. The largest absolute Gasteiger partial charge is 0.870 e. The number of hydrogen-bond donors (Lipinski definition) is 3. The average Bonchev–Trinajstić information content (AvgIpc) is 3.65. The van der Waals surface area contributed by atoms with Crippen molar-refractivity contribution in [2.24, 2.45) is 0 Å². The Hall–Kier alpha value is -4.93. The maximum atomic E-state index is 13.6. The van der Waals surface area contributed by atoms with Gasteiger partial charge in [-0.3, -0.25) is 14.9 Å². The van der Waals surface area contributed by atoms with Crippen LogP contribution in [0.2, 0.25) is 5.02 Å². The van der Waals surface area contributed by atoms with E-state index in [1.165, 1.54) is 0 Å². The number of halogens is 1. The molecule has 3 aromatic carbocycles. The second-order valence-electron chi connectivity index (χ2n) is 8.84. The molecule has 6 aromatic rings. The Kier molecular flexibility index (Phi) is 7.39. The smallest absolute Gasteiger partial charge is 0.293 e. The Morgan fingerprint density at radius 1 is 1.00 bits per heavy atom. The van der Waals surface area contributed by atoms with Crippen LogP contribution < -0.4 is 10.00 Å². The number of tetrazole rings is 1. The minimum Gasteiger partial charge on any atom is -0.870 e. The van der Waals surface area contributed by atoms with Crippen molar-refractivity contribution in [2.45, 2.75) is 12.3 Å². The van der Waals surface area contributed by atoms with Gasteiger partial charge in [0.25, 0.3) is 6.33 Å². The number of carbonyl (C=O) groups excluding carboxylic acids is 1. The molecule has 39 heavy (non-hydrogen) atoms. The summed E-state index contributed by atoms with van der Waals surface area (Å²) in [6.07, 6.45) is 5.59. The lowest BCUT2D eigenvalue weighted by atomic mass is 9.93. The lowest BCUT2D eigenvalue weighted by Crippen LogP contribution is -2.32. The Morgan fingerprint density at radius 3 is 2.64 bits per heavy atom. The molecule has 3 heterocycles. The number of fused-ring (bicyclic) bond motifs is 1. The number of pyridine rings is 1. The van der Waals surface area contributed by atoms with Gasteiger partial charge in [-0.05, 0) is 54.4 Å². The minimum atomic E-state index is -0.506. The first-order valence-corrected chi connectivity index (χ1v) is 12.3. The van der Waals surface area contributed by atoms with Crippen LogP contribution in [0.4, 0.5) is 5.69 Å². The molecule has 0 aliphatic rings. The van der Waals surface area contributed by atoms with Crippen molar-refractivity contribution < 1.29 is 15.0 Å². The van der Waals surface area contributed by atoms with Gasteiger partial charge < -0.3 is 10.8 Å². The third-order valence-electron chi connectivity index (χ3n) is 6.36. The van der Waals surface area contributed by atoms with Gasteiger partial charge in [-0.15, -0.1) is 4.68 Å². The Bertz CT molecular complexity index is 1700. The number of H-pyrrole nitrogens is 2. The molecular weight excluding hydrogens is 516 g/mol. The zero-order chi connectivity index (χ0) is 25.9. The quantitative estimate of drug-likeness (QED) is 0.256. The van der Waals surface area contributed by atoms with Crippen LogP contribution in [0, 0.1) is 0 Å². The molecule has 0 fully saturated rings. The van der Waals surface area contributed by atoms with Gasteiger partial charge >= 0.3 is 0 Å². The van der Waals surface area contributed by atoms with Gasteiger partial charge in [0.1, 0.15) is 10.8 Å². The van der Waals surface area contributed by atoms with Crippen molar-refractivity contribution >= 4 is 34.1 Å². The predicted octanol–water partition coefficient (Wildman–Crippen LogP) is 4.46. The predicted molar refractivity (Wildman–Crippen MR) is 146 cm³/mol. The van der Waals surface area contributed by atoms with Crippen LogP contribution in [0.3, 0.4) is 0 Å².